The second kappa shape index (κ2) is 6.07. The standard InChI is InChI=1S/C18H20FN3O/c1-12-14(11-20-13(2)21-12)17(23)22-18(9-5-6-10-18)15-7-3-4-8-16(15)19/h3-4,7-8,11H,5-6,9-10H2,1-2H3,(H,22,23). The van der Waals surface area contributed by atoms with E-state index in [1.165, 1.54) is 12.3 Å². The molecule has 1 saturated carbocycles. The predicted molar refractivity (Wildman–Crippen MR) is 85.5 cm³/mol. The number of nitrogens with one attached hydrogen (secondary N) is 1. The fraction of sp³-hybridized carbons (Fsp3) is 0.389. The average molecular weight is 313 g/mol. The summed E-state index contributed by atoms with van der Waals surface area (Å²) in [6, 6.07) is 6.69. The molecule has 0 spiro atoms. The molecule has 1 aliphatic rings. The maximum absolute atomic E-state index is 14.3. The predicted octanol–water partition coefficient (Wildman–Crippen LogP) is 3.43. The quantitative estimate of drug-likeness (QED) is 0.944. The van der Waals surface area contributed by atoms with Crippen LogP contribution in [0.15, 0.2) is 30.5 Å². The van der Waals surface area contributed by atoms with Crippen LogP contribution in [0.5, 0.6) is 0 Å². The van der Waals surface area contributed by atoms with Crippen molar-refractivity contribution >= 4 is 5.91 Å². The molecule has 1 fully saturated rings. The van der Waals surface area contributed by atoms with E-state index in [0.717, 1.165) is 25.7 Å². The minimum atomic E-state index is -0.639. The van der Waals surface area contributed by atoms with Crippen molar-refractivity contribution in [2.75, 3.05) is 0 Å². The number of benzene rings is 1. The van der Waals surface area contributed by atoms with Gasteiger partial charge in [-0.1, -0.05) is 31.0 Å². The highest BCUT2D eigenvalue weighted by atomic mass is 19.1. The largest absolute Gasteiger partial charge is 0.342 e. The summed E-state index contributed by atoms with van der Waals surface area (Å²) in [5.41, 5.74) is 1.01. The van der Waals surface area contributed by atoms with E-state index in [4.69, 9.17) is 0 Å². The van der Waals surface area contributed by atoms with Crippen molar-refractivity contribution in [1.29, 1.82) is 0 Å². The SMILES string of the molecule is Cc1ncc(C(=O)NC2(c3ccccc3F)CCCC2)c(C)n1. The molecule has 23 heavy (non-hydrogen) atoms. The number of rotatable bonds is 3. The van der Waals surface area contributed by atoms with Crippen LogP contribution in [0.3, 0.4) is 0 Å². The number of aryl methyl sites for hydroxylation is 2. The monoisotopic (exact) mass is 313 g/mol. The van der Waals surface area contributed by atoms with Crippen LogP contribution in [-0.4, -0.2) is 15.9 Å². The molecule has 4 nitrogen and oxygen atoms in total. The van der Waals surface area contributed by atoms with Crippen molar-refractivity contribution < 1.29 is 9.18 Å². The molecule has 120 valence electrons. The van der Waals surface area contributed by atoms with E-state index < -0.39 is 5.54 Å². The molecule has 0 unspecified atom stereocenters. The number of nitrogens with zero attached hydrogens (tertiary/aromatic N) is 2. The van der Waals surface area contributed by atoms with Crippen molar-refractivity contribution in [2.45, 2.75) is 45.1 Å². The zero-order valence-corrected chi connectivity index (χ0v) is 13.4. The van der Waals surface area contributed by atoms with Gasteiger partial charge in [-0.25, -0.2) is 14.4 Å². The Labute approximate surface area is 135 Å². The molecule has 1 heterocycles. The van der Waals surface area contributed by atoms with Crippen molar-refractivity contribution in [3.05, 3.63) is 58.9 Å². The fourth-order valence-corrected chi connectivity index (χ4v) is 3.38. The van der Waals surface area contributed by atoms with Crippen molar-refractivity contribution in [1.82, 2.24) is 15.3 Å². The van der Waals surface area contributed by atoms with Crippen LogP contribution in [0.25, 0.3) is 0 Å². The number of carbonyl (C=O) groups is 1. The third kappa shape index (κ3) is 2.96. The molecule has 5 heteroatoms. The maximum atomic E-state index is 14.3. The van der Waals surface area contributed by atoms with Crippen LogP contribution in [0.1, 0.15) is 53.1 Å². The molecule has 1 aromatic heterocycles. The van der Waals surface area contributed by atoms with Crippen LogP contribution < -0.4 is 5.32 Å². The Morgan fingerprint density at radius 2 is 1.91 bits per heavy atom. The lowest BCUT2D eigenvalue weighted by Gasteiger charge is -2.31. The lowest BCUT2D eigenvalue weighted by molar-refractivity contribution is 0.0895. The Morgan fingerprint density at radius 3 is 2.57 bits per heavy atom. The van der Waals surface area contributed by atoms with Crippen LogP contribution in [0.2, 0.25) is 0 Å². The van der Waals surface area contributed by atoms with Gasteiger partial charge in [-0.05, 0) is 32.8 Å². The van der Waals surface area contributed by atoms with E-state index in [0.29, 0.717) is 22.6 Å². The lowest BCUT2D eigenvalue weighted by Crippen LogP contribution is -2.44. The number of halogens is 1. The third-order valence-corrected chi connectivity index (χ3v) is 4.54. The van der Waals surface area contributed by atoms with E-state index in [2.05, 4.69) is 15.3 Å². The molecule has 1 N–H and O–H groups in total. The van der Waals surface area contributed by atoms with Crippen LogP contribution in [-0.2, 0) is 5.54 Å². The van der Waals surface area contributed by atoms with Gasteiger partial charge in [0, 0.05) is 11.8 Å². The number of aromatic nitrogens is 2. The molecular weight excluding hydrogens is 293 g/mol. The summed E-state index contributed by atoms with van der Waals surface area (Å²) in [5, 5.41) is 3.07. The van der Waals surface area contributed by atoms with Gasteiger partial charge in [0.1, 0.15) is 11.6 Å². The van der Waals surface area contributed by atoms with E-state index in [1.54, 1.807) is 26.0 Å². The number of amides is 1. The number of hydrogen-bond donors (Lipinski definition) is 1. The second-order valence-corrected chi connectivity index (χ2v) is 6.14. The first-order valence-corrected chi connectivity index (χ1v) is 7.90. The minimum absolute atomic E-state index is 0.243. The molecule has 0 saturated heterocycles. The second-order valence-electron chi connectivity index (χ2n) is 6.14. The molecular formula is C18H20FN3O. The molecule has 1 aliphatic carbocycles. The van der Waals surface area contributed by atoms with Gasteiger partial charge in [0.05, 0.1) is 16.8 Å². The summed E-state index contributed by atoms with van der Waals surface area (Å²) >= 11 is 0. The average Bonchev–Trinajstić information content (AvgIpc) is 2.96. The van der Waals surface area contributed by atoms with Gasteiger partial charge in [-0.3, -0.25) is 4.79 Å². The Bertz CT molecular complexity index is 739. The minimum Gasteiger partial charge on any atom is -0.342 e. The third-order valence-electron chi connectivity index (χ3n) is 4.54. The molecule has 0 atom stereocenters. The summed E-state index contributed by atoms with van der Waals surface area (Å²) in [6.07, 6.45) is 4.96. The first-order chi connectivity index (χ1) is 11.0. The van der Waals surface area contributed by atoms with Gasteiger partial charge < -0.3 is 5.32 Å². The summed E-state index contributed by atoms with van der Waals surface area (Å²) in [6.45, 7) is 3.57. The van der Waals surface area contributed by atoms with E-state index in [-0.39, 0.29) is 11.7 Å². The zero-order valence-electron chi connectivity index (χ0n) is 13.4. The molecule has 0 aliphatic heterocycles. The first-order valence-electron chi connectivity index (χ1n) is 7.90. The Hall–Kier alpha value is -2.30. The lowest BCUT2D eigenvalue weighted by atomic mass is 9.87. The van der Waals surface area contributed by atoms with E-state index >= 15 is 0 Å². The Morgan fingerprint density at radius 1 is 1.22 bits per heavy atom. The van der Waals surface area contributed by atoms with E-state index in [9.17, 15) is 9.18 Å². The van der Waals surface area contributed by atoms with Crippen LogP contribution in [0, 0.1) is 19.7 Å². The smallest absolute Gasteiger partial charge is 0.255 e. The summed E-state index contributed by atoms with van der Waals surface area (Å²) in [4.78, 5) is 21.0. The van der Waals surface area contributed by atoms with Crippen molar-refractivity contribution in [2.24, 2.45) is 0 Å². The Balaban J connectivity index is 1.94. The summed E-state index contributed by atoms with van der Waals surface area (Å²) < 4.78 is 14.3. The van der Waals surface area contributed by atoms with Gasteiger partial charge in [0.25, 0.3) is 5.91 Å². The fourth-order valence-electron chi connectivity index (χ4n) is 3.38. The zero-order chi connectivity index (χ0) is 16.4. The van der Waals surface area contributed by atoms with Gasteiger partial charge in [-0.2, -0.15) is 0 Å². The van der Waals surface area contributed by atoms with Crippen LogP contribution >= 0.6 is 0 Å². The van der Waals surface area contributed by atoms with Gasteiger partial charge >= 0.3 is 0 Å². The molecule has 1 aromatic carbocycles. The number of hydrogen-bond acceptors (Lipinski definition) is 3. The van der Waals surface area contributed by atoms with Crippen LogP contribution in [0.4, 0.5) is 4.39 Å². The molecule has 1 amide bonds. The normalized spacial score (nSPS) is 16.3. The first kappa shape index (κ1) is 15.6. The van der Waals surface area contributed by atoms with Gasteiger partial charge in [0.2, 0.25) is 0 Å². The van der Waals surface area contributed by atoms with Crippen molar-refractivity contribution in [3.63, 3.8) is 0 Å². The highest BCUT2D eigenvalue weighted by Crippen LogP contribution is 2.40. The maximum Gasteiger partial charge on any atom is 0.255 e. The topological polar surface area (TPSA) is 54.9 Å². The van der Waals surface area contributed by atoms with Gasteiger partial charge in [0.15, 0.2) is 0 Å². The number of carbonyl (C=O) groups excluding carboxylic acids is 1. The summed E-state index contributed by atoms with van der Waals surface area (Å²) in [7, 11) is 0. The molecule has 0 radical (unpaired) electrons. The van der Waals surface area contributed by atoms with E-state index in [1.807, 2.05) is 6.07 Å². The Kier molecular flexibility index (Phi) is 4.11. The molecule has 0 bridgehead atoms. The van der Waals surface area contributed by atoms with Crippen molar-refractivity contribution in [3.8, 4) is 0 Å². The molecule has 3 rings (SSSR count). The highest BCUT2D eigenvalue weighted by molar-refractivity contribution is 5.95. The molecule has 2 aromatic rings. The summed E-state index contributed by atoms with van der Waals surface area (Å²) in [5.74, 6) is 0.114. The highest BCUT2D eigenvalue weighted by Gasteiger charge is 2.39. The van der Waals surface area contributed by atoms with Gasteiger partial charge in [-0.15, -0.1) is 0 Å².